The SMILES string of the molecule is COc1ccccc1Nc1nc(N)n(-c2ncc(C#N)cn2)n1. The van der Waals surface area contributed by atoms with Crippen molar-refractivity contribution in [3.8, 4) is 17.8 Å². The van der Waals surface area contributed by atoms with Crippen LogP contribution in [0.4, 0.5) is 17.6 Å². The van der Waals surface area contributed by atoms with E-state index in [9.17, 15) is 0 Å². The highest BCUT2D eigenvalue weighted by atomic mass is 16.5. The molecule has 114 valence electrons. The number of hydrogen-bond donors (Lipinski definition) is 2. The molecule has 0 atom stereocenters. The second-order valence-electron chi connectivity index (χ2n) is 4.41. The maximum absolute atomic E-state index is 8.76. The van der Waals surface area contributed by atoms with Crippen LogP contribution in [0, 0.1) is 11.3 Å². The number of rotatable bonds is 4. The quantitative estimate of drug-likeness (QED) is 0.737. The minimum Gasteiger partial charge on any atom is -0.495 e. The van der Waals surface area contributed by atoms with Crippen molar-refractivity contribution in [2.24, 2.45) is 0 Å². The van der Waals surface area contributed by atoms with Gasteiger partial charge in [-0.2, -0.15) is 14.9 Å². The summed E-state index contributed by atoms with van der Waals surface area (Å²) in [6.45, 7) is 0. The van der Waals surface area contributed by atoms with Crippen LogP contribution >= 0.6 is 0 Å². The normalized spacial score (nSPS) is 10.1. The van der Waals surface area contributed by atoms with E-state index in [4.69, 9.17) is 15.7 Å². The van der Waals surface area contributed by atoms with Crippen molar-refractivity contribution in [2.75, 3.05) is 18.2 Å². The number of nitrogen functional groups attached to an aromatic ring is 1. The molecular weight excluding hydrogens is 296 g/mol. The Bertz CT molecular complexity index is 865. The van der Waals surface area contributed by atoms with Crippen LogP contribution in [0.5, 0.6) is 5.75 Å². The molecule has 23 heavy (non-hydrogen) atoms. The van der Waals surface area contributed by atoms with Gasteiger partial charge in [0.05, 0.1) is 30.8 Å². The molecule has 2 aromatic heterocycles. The Morgan fingerprint density at radius 3 is 2.70 bits per heavy atom. The number of nitrogens with one attached hydrogen (secondary N) is 1. The Morgan fingerprint density at radius 2 is 2.00 bits per heavy atom. The number of anilines is 3. The average Bonchev–Trinajstić information content (AvgIpc) is 2.96. The Morgan fingerprint density at radius 1 is 1.26 bits per heavy atom. The molecule has 0 saturated carbocycles. The lowest BCUT2D eigenvalue weighted by atomic mass is 10.3. The lowest BCUT2D eigenvalue weighted by molar-refractivity contribution is 0.417. The van der Waals surface area contributed by atoms with E-state index in [2.05, 4.69) is 25.4 Å². The first-order chi connectivity index (χ1) is 11.2. The van der Waals surface area contributed by atoms with Crippen molar-refractivity contribution < 1.29 is 4.74 Å². The van der Waals surface area contributed by atoms with Crippen molar-refractivity contribution in [2.45, 2.75) is 0 Å². The number of para-hydroxylation sites is 2. The molecule has 2 heterocycles. The van der Waals surface area contributed by atoms with Crippen molar-refractivity contribution in [1.82, 2.24) is 24.7 Å². The van der Waals surface area contributed by atoms with Gasteiger partial charge in [-0.25, -0.2) is 9.97 Å². The number of hydrogen-bond acceptors (Lipinski definition) is 8. The summed E-state index contributed by atoms with van der Waals surface area (Å²) in [5.74, 6) is 1.27. The summed E-state index contributed by atoms with van der Waals surface area (Å²) in [4.78, 5) is 12.2. The monoisotopic (exact) mass is 308 g/mol. The van der Waals surface area contributed by atoms with Gasteiger partial charge < -0.3 is 15.8 Å². The van der Waals surface area contributed by atoms with Gasteiger partial charge in [-0.3, -0.25) is 0 Å². The number of nitrogens with two attached hydrogens (primary N) is 1. The molecule has 0 aliphatic carbocycles. The van der Waals surface area contributed by atoms with E-state index in [0.29, 0.717) is 17.0 Å². The first-order valence-corrected chi connectivity index (χ1v) is 6.56. The average molecular weight is 308 g/mol. The third-order valence-corrected chi connectivity index (χ3v) is 2.94. The number of benzene rings is 1. The van der Waals surface area contributed by atoms with Crippen molar-refractivity contribution in [3.05, 3.63) is 42.2 Å². The minimum absolute atomic E-state index is 0.118. The maximum atomic E-state index is 8.76. The lowest BCUT2D eigenvalue weighted by Gasteiger charge is -2.07. The lowest BCUT2D eigenvalue weighted by Crippen LogP contribution is -2.07. The highest BCUT2D eigenvalue weighted by molar-refractivity contribution is 5.62. The summed E-state index contributed by atoms with van der Waals surface area (Å²) in [6, 6.07) is 9.29. The van der Waals surface area contributed by atoms with E-state index in [-0.39, 0.29) is 17.8 Å². The molecule has 0 saturated heterocycles. The summed E-state index contributed by atoms with van der Waals surface area (Å²) in [5, 5.41) is 16.0. The molecule has 0 radical (unpaired) electrons. The van der Waals surface area contributed by atoms with E-state index in [0.717, 1.165) is 0 Å². The van der Waals surface area contributed by atoms with Gasteiger partial charge in [-0.15, -0.1) is 5.10 Å². The summed E-state index contributed by atoms with van der Waals surface area (Å²) < 4.78 is 6.53. The molecule has 3 aromatic rings. The third kappa shape index (κ3) is 2.86. The fourth-order valence-corrected chi connectivity index (χ4v) is 1.88. The Labute approximate surface area is 131 Å². The molecule has 3 N–H and O–H groups in total. The van der Waals surface area contributed by atoms with Crippen LogP contribution < -0.4 is 15.8 Å². The molecule has 0 spiro atoms. The molecule has 9 nitrogen and oxygen atoms in total. The first-order valence-electron chi connectivity index (χ1n) is 6.56. The smallest absolute Gasteiger partial charge is 0.253 e. The molecule has 0 amide bonds. The molecule has 0 bridgehead atoms. The molecule has 0 unspecified atom stereocenters. The van der Waals surface area contributed by atoms with E-state index >= 15 is 0 Å². The molecule has 0 aliphatic heterocycles. The van der Waals surface area contributed by atoms with E-state index in [1.807, 2.05) is 30.3 Å². The van der Waals surface area contributed by atoms with Crippen LogP contribution in [-0.2, 0) is 0 Å². The molecular formula is C14H12N8O. The second kappa shape index (κ2) is 5.98. The van der Waals surface area contributed by atoms with Gasteiger partial charge in [0.2, 0.25) is 11.9 Å². The van der Waals surface area contributed by atoms with Gasteiger partial charge in [-0.05, 0) is 12.1 Å². The van der Waals surface area contributed by atoms with Crippen LogP contribution in [-0.4, -0.2) is 31.8 Å². The number of methoxy groups -OCH3 is 1. The summed E-state index contributed by atoms with van der Waals surface area (Å²) in [6.07, 6.45) is 2.77. The summed E-state index contributed by atoms with van der Waals surface area (Å²) >= 11 is 0. The van der Waals surface area contributed by atoms with Gasteiger partial charge in [0, 0.05) is 0 Å². The van der Waals surface area contributed by atoms with Gasteiger partial charge in [0.25, 0.3) is 5.95 Å². The van der Waals surface area contributed by atoms with Gasteiger partial charge in [0.1, 0.15) is 11.8 Å². The second-order valence-corrected chi connectivity index (χ2v) is 4.41. The van der Waals surface area contributed by atoms with E-state index in [1.165, 1.54) is 17.1 Å². The van der Waals surface area contributed by atoms with Crippen molar-refractivity contribution in [3.63, 3.8) is 0 Å². The van der Waals surface area contributed by atoms with Gasteiger partial charge in [-0.1, -0.05) is 12.1 Å². The molecule has 3 rings (SSSR count). The largest absolute Gasteiger partial charge is 0.495 e. The molecule has 0 aliphatic rings. The zero-order valence-electron chi connectivity index (χ0n) is 12.1. The summed E-state index contributed by atoms with van der Waals surface area (Å²) in [5.41, 5.74) is 6.89. The Kier molecular flexibility index (Phi) is 3.71. The van der Waals surface area contributed by atoms with Crippen molar-refractivity contribution in [1.29, 1.82) is 5.26 Å². The Hall–Kier alpha value is -3.67. The van der Waals surface area contributed by atoms with Crippen LogP contribution in [0.3, 0.4) is 0 Å². The molecule has 9 heteroatoms. The highest BCUT2D eigenvalue weighted by Crippen LogP contribution is 2.26. The zero-order valence-corrected chi connectivity index (χ0v) is 12.1. The number of aromatic nitrogens is 5. The maximum Gasteiger partial charge on any atom is 0.253 e. The van der Waals surface area contributed by atoms with Crippen LogP contribution in [0.2, 0.25) is 0 Å². The van der Waals surface area contributed by atoms with Crippen molar-refractivity contribution >= 4 is 17.6 Å². The Balaban J connectivity index is 1.90. The minimum atomic E-state index is 0.118. The fourth-order valence-electron chi connectivity index (χ4n) is 1.88. The van der Waals surface area contributed by atoms with Crippen LogP contribution in [0.1, 0.15) is 5.56 Å². The van der Waals surface area contributed by atoms with E-state index in [1.54, 1.807) is 7.11 Å². The van der Waals surface area contributed by atoms with Gasteiger partial charge >= 0.3 is 0 Å². The standard InChI is InChI=1S/C14H12N8O/c1-23-11-5-3-2-4-10(11)19-13-20-12(16)22(21-13)14-17-7-9(6-15)8-18-14/h2-5,7-8H,1H3,(H3,16,19,20,21). The number of nitrogens with zero attached hydrogens (tertiary/aromatic N) is 6. The summed E-state index contributed by atoms with van der Waals surface area (Å²) in [7, 11) is 1.57. The third-order valence-electron chi connectivity index (χ3n) is 2.94. The zero-order chi connectivity index (χ0) is 16.2. The predicted octanol–water partition coefficient (Wildman–Crippen LogP) is 1.26. The number of ether oxygens (including phenoxy) is 1. The topological polar surface area (TPSA) is 128 Å². The highest BCUT2D eigenvalue weighted by Gasteiger charge is 2.12. The van der Waals surface area contributed by atoms with Crippen LogP contribution in [0.15, 0.2) is 36.7 Å². The van der Waals surface area contributed by atoms with Crippen LogP contribution in [0.25, 0.3) is 5.95 Å². The fraction of sp³-hybridized carbons (Fsp3) is 0.0714. The predicted molar refractivity (Wildman–Crippen MR) is 82.4 cm³/mol. The molecule has 1 aromatic carbocycles. The first kappa shape index (κ1) is 14.3. The number of nitriles is 1. The van der Waals surface area contributed by atoms with Gasteiger partial charge in [0.15, 0.2) is 0 Å². The van der Waals surface area contributed by atoms with E-state index < -0.39 is 0 Å². The molecule has 0 fully saturated rings.